The molecule has 108 valence electrons. The molecule has 1 amide bonds. The largest absolute Gasteiger partial charge is 0.392 e. The van der Waals surface area contributed by atoms with Crippen LogP contribution in [0.2, 0.25) is 0 Å². The van der Waals surface area contributed by atoms with Crippen LogP contribution in [-0.4, -0.2) is 28.9 Å². The van der Waals surface area contributed by atoms with E-state index in [9.17, 15) is 4.79 Å². The second-order valence-electron chi connectivity index (χ2n) is 5.61. The van der Waals surface area contributed by atoms with Gasteiger partial charge in [-0.15, -0.1) is 0 Å². The average molecular weight is 290 g/mol. The van der Waals surface area contributed by atoms with Crippen LogP contribution in [0.5, 0.6) is 0 Å². The molecular weight excluding hydrogens is 268 g/mol. The SMILES string of the molecule is CCC(C)(C(=O)N1CCc2ccccc2CC1)C(N)=S. The van der Waals surface area contributed by atoms with Crippen molar-refractivity contribution >= 4 is 23.1 Å². The Morgan fingerprint density at radius 3 is 2.20 bits per heavy atom. The maximum Gasteiger partial charge on any atom is 0.235 e. The molecule has 0 bridgehead atoms. The van der Waals surface area contributed by atoms with Crippen molar-refractivity contribution in [3.63, 3.8) is 0 Å². The normalized spacial score (nSPS) is 17.8. The number of rotatable bonds is 3. The fraction of sp³-hybridized carbons (Fsp3) is 0.500. The van der Waals surface area contributed by atoms with E-state index in [4.69, 9.17) is 18.0 Å². The number of nitrogens with zero attached hydrogens (tertiary/aromatic N) is 1. The summed E-state index contributed by atoms with van der Waals surface area (Å²) in [4.78, 5) is 15.0. The Kier molecular flexibility index (Phi) is 4.43. The van der Waals surface area contributed by atoms with Gasteiger partial charge in [-0.05, 0) is 37.3 Å². The quantitative estimate of drug-likeness (QED) is 0.869. The Morgan fingerprint density at radius 1 is 1.30 bits per heavy atom. The van der Waals surface area contributed by atoms with Crippen LogP contribution < -0.4 is 5.73 Å². The number of thiocarbonyl (C=S) groups is 1. The average Bonchev–Trinajstić information content (AvgIpc) is 2.68. The van der Waals surface area contributed by atoms with Gasteiger partial charge < -0.3 is 10.6 Å². The van der Waals surface area contributed by atoms with Crippen molar-refractivity contribution in [1.82, 2.24) is 4.90 Å². The fourth-order valence-electron chi connectivity index (χ4n) is 2.65. The highest BCUT2D eigenvalue weighted by molar-refractivity contribution is 7.80. The lowest BCUT2D eigenvalue weighted by atomic mass is 9.85. The molecule has 20 heavy (non-hydrogen) atoms. The Balaban J connectivity index is 2.17. The topological polar surface area (TPSA) is 46.3 Å². The van der Waals surface area contributed by atoms with Gasteiger partial charge in [-0.25, -0.2) is 0 Å². The van der Waals surface area contributed by atoms with Crippen molar-refractivity contribution in [1.29, 1.82) is 0 Å². The van der Waals surface area contributed by atoms with E-state index in [0.717, 1.165) is 25.9 Å². The van der Waals surface area contributed by atoms with Gasteiger partial charge in [0.25, 0.3) is 0 Å². The first-order valence-electron chi connectivity index (χ1n) is 7.15. The number of nitrogens with two attached hydrogens (primary N) is 1. The van der Waals surface area contributed by atoms with E-state index in [0.29, 0.717) is 11.4 Å². The maximum absolute atomic E-state index is 12.8. The minimum Gasteiger partial charge on any atom is -0.392 e. The van der Waals surface area contributed by atoms with Crippen molar-refractivity contribution in [2.75, 3.05) is 13.1 Å². The maximum atomic E-state index is 12.8. The molecule has 1 aliphatic heterocycles. The zero-order chi connectivity index (χ0) is 14.8. The van der Waals surface area contributed by atoms with Crippen LogP contribution >= 0.6 is 12.2 Å². The van der Waals surface area contributed by atoms with Crippen LogP contribution in [0.4, 0.5) is 0 Å². The third-order valence-corrected chi connectivity index (χ3v) is 4.88. The molecule has 2 rings (SSSR count). The summed E-state index contributed by atoms with van der Waals surface area (Å²) in [6.45, 7) is 5.31. The summed E-state index contributed by atoms with van der Waals surface area (Å²) < 4.78 is 0. The van der Waals surface area contributed by atoms with Crippen LogP contribution in [0, 0.1) is 5.41 Å². The van der Waals surface area contributed by atoms with Gasteiger partial charge >= 0.3 is 0 Å². The molecule has 0 spiro atoms. The highest BCUT2D eigenvalue weighted by Crippen LogP contribution is 2.26. The predicted molar refractivity (Wildman–Crippen MR) is 85.6 cm³/mol. The van der Waals surface area contributed by atoms with Crippen molar-refractivity contribution in [3.8, 4) is 0 Å². The van der Waals surface area contributed by atoms with Gasteiger partial charge in [0.2, 0.25) is 5.91 Å². The fourth-order valence-corrected chi connectivity index (χ4v) is 2.88. The number of hydrogen-bond acceptors (Lipinski definition) is 2. The Hall–Kier alpha value is -1.42. The van der Waals surface area contributed by atoms with E-state index < -0.39 is 5.41 Å². The minimum atomic E-state index is -0.716. The third kappa shape index (κ3) is 2.70. The third-order valence-electron chi connectivity index (χ3n) is 4.43. The molecule has 1 aromatic rings. The van der Waals surface area contributed by atoms with E-state index in [-0.39, 0.29) is 5.91 Å². The smallest absolute Gasteiger partial charge is 0.235 e. The van der Waals surface area contributed by atoms with Crippen molar-refractivity contribution < 1.29 is 4.79 Å². The van der Waals surface area contributed by atoms with Gasteiger partial charge in [-0.2, -0.15) is 0 Å². The highest BCUT2D eigenvalue weighted by atomic mass is 32.1. The molecule has 0 aromatic heterocycles. The number of hydrogen-bond donors (Lipinski definition) is 1. The van der Waals surface area contributed by atoms with Gasteiger partial charge in [0.05, 0.1) is 10.4 Å². The molecule has 0 saturated carbocycles. The van der Waals surface area contributed by atoms with E-state index in [1.54, 1.807) is 0 Å². The summed E-state index contributed by atoms with van der Waals surface area (Å²) in [5, 5.41) is 0. The number of amides is 1. The first-order chi connectivity index (χ1) is 9.49. The summed E-state index contributed by atoms with van der Waals surface area (Å²) >= 11 is 5.11. The summed E-state index contributed by atoms with van der Waals surface area (Å²) in [5.41, 5.74) is 7.77. The van der Waals surface area contributed by atoms with E-state index >= 15 is 0 Å². The van der Waals surface area contributed by atoms with E-state index in [1.165, 1.54) is 11.1 Å². The van der Waals surface area contributed by atoms with E-state index in [2.05, 4.69) is 24.3 Å². The standard InChI is InChI=1S/C16H22N2OS/c1-3-16(2,14(17)20)15(19)18-10-8-12-6-4-5-7-13(12)9-11-18/h4-7H,3,8-11H2,1-2H3,(H2,17,20). The minimum absolute atomic E-state index is 0.0697. The van der Waals surface area contributed by atoms with Crippen LogP contribution in [0.1, 0.15) is 31.4 Å². The molecule has 0 radical (unpaired) electrons. The lowest BCUT2D eigenvalue weighted by Gasteiger charge is -2.32. The van der Waals surface area contributed by atoms with Gasteiger partial charge in [0.1, 0.15) is 0 Å². The monoisotopic (exact) mass is 290 g/mol. The van der Waals surface area contributed by atoms with Gasteiger partial charge in [0.15, 0.2) is 0 Å². The van der Waals surface area contributed by atoms with Gasteiger partial charge in [-0.1, -0.05) is 43.4 Å². The molecule has 1 atom stereocenters. The zero-order valence-corrected chi connectivity index (χ0v) is 13.0. The molecule has 1 unspecified atom stereocenters. The first-order valence-corrected chi connectivity index (χ1v) is 7.56. The number of carbonyl (C=O) groups is 1. The second kappa shape index (κ2) is 5.92. The van der Waals surface area contributed by atoms with Gasteiger partial charge in [0, 0.05) is 13.1 Å². The Labute approximate surface area is 126 Å². The summed E-state index contributed by atoms with van der Waals surface area (Å²) in [6, 6.07) is 8.41. The molecule has 1 aliphatic rings. The zero-order valence-electron chi connectivity index (χ0n) is 12.2. The molecule has 1 heterocycles. The summed E-state index contributed by atoms with van der Waals surface area (Å²) in [6.07, 6.45) is 2.45. The Bertz CT molecular complexity index is 502. The van der Waals surface area contributed by atoms with Gasteiger partial charge in [-0.3, -0.25) is 4.79 Å². The lowest BCUT2D eigenvalue weighted by Crippen LogP contribution is -2.49. The molecular formula is C16H22N2OS. The first kappa shape index (κ1) is 15.0. The van der Waals surface area contributed by atoms with Crippen LogP contribution in [0.25, 0.3) is 0 Å². The molecule has 0 aliphatic carbocycles. The highest BCUT2D eigenvalue weighted by Gasteiger charge is 2.38. The van der Waals surface area contributed by atoms with Crippen molar-refractivity contribution in [2.45, 2.75) is 33.1 Å². The molecule has 2 N–H and O–H groups in total. The molecule has 1 aromatic carbocycles. The molecule has 4 heteroatoms. The van der Waals surface area contributed by atoms with Crippen LogP contribution in [0.3, 0.4) is 0 Å². The van der Waals surface area contributed by atoms with E-state index in [1.807, 2.05) is 18.7 Å². The predicted octanol–water partition coefficient (Wildman–Crippen LogP) is 2.32. The van der Waals surface area contributed by atoms with Crippen molar-refractivity contribution in [3.05, 3.63) is 35.4 Å². The molecule has 3 nitrogen and oxygen atoms in total. The van der Waals surface area contributed by atoms with Crippen LogP contribution in [-0.2, 0) is 17.6 Å². The number of carbonyl (C=O) groups excluding carboxylic acids is 1. The Morgan fingerprint density at radius 2 is 1.80 bits per heavy atom. The number of benzene rings is 1. The number of fused-ring (bicyclic) bond motifs is 1. The van der Waals surface area contributed by atoms with Crippen molar-refractivity contribution in [2.24, 2.45) is 11.1 Å². The molecule has 0 fully saturated rings. The lowest BCUT2D eigenvalue weighted by molar-refractivity contribution is -0.137. The summed E-state index contributed by atoms with van der Waals surface area (Å²) in [5.74, 6) is 0.0697. The summed E-state index contributed by atoms with van der Waals surface area (Å²) in [7, 11) is 0. The van der Waals surface area contributed by atoms with Crippen LogP contribution in [0.15, 0.2) is 24.3 Å². The second-order valence-corrected chi connectivity index (χ2v) is 6.05. The molecule has 0 saturated heterocycles.